The van der Waals surface area contributed by atoms with Gasteiger partial charge in [-0.2, -0.15) is 0 Å². The van der Waals surface area contributed by atoms with Crippen LogP contribution >= 0.6 is 15.9 Å². The molecule has 120 valence electrons. The topological polar surface area (TPSA) is 106 Å². The molecule has 0 spiro atoms. The Labute approximate surface area is 131 Å². The van der Waals surface area contributed by atoms with E-state index in [0.29, 0.717) is 12.5 Å². The van der Waals surface area contributed by atoms with Gasteiger partial charge in [-0.3, -0.25) is 0 Å². The van der Waals surface area contributed by atoms with Gasteiger partial charge in [0.05, 0.1) is 6.61 Å². The minimum atomic E-state index is -3.84. The van der Waals surface area contributed by atoms with Crippen molar-refractivity contribution in [1.82, 2.24) is 4.72 Å². The zero-order valence-corrected chi connectivity index (χ0v) is 14.2. The number of carboxylic acids is 1. The normalized spacial score (nSPS) is 12.0. The Kier molecular flexibility index (Phi) is 6.85. The van der Waals surface area contributed by atoms with Crippen molar-refractivity contribution in [2.24, 2.45) is 5.92 Å². The molecular formula is C12H18BrNO6S. The Bertz CT molecular complexity index is 581. The monoisotopic (exact) mass is 383 g/mol. The maximum atomic E-state index is 12.0. The molecule has 1 heterocycles. The Balaban J connectivity index is 2.52. The summed E-state index contributed by atoms with van der Waals surface area (Å²) in [6.45, 7) is 5.05. The highest BCUT2D eigenvalue weighted by molar-refractivity contribution is 9.10. The van der Waals surface area contributed by atoms with Crippen molar-refractivity contribution in [3.05, 3.63) is 16.5 Å². The van der Waals surface area contributed by atoms with Gasteiger partial charge in [0, 0.05) is 19.2 Å². The Morgan fingerprint density at radius 1 is 1.48 bits per heavy atom. The summed E-state index contributed by atoms with van der Waals surface area (Å²) >= 11 is 2.89. The van der Waals surface area contributed by atoms with Crippen LogP contribution in [-0.4, -0.2) is 39.3 Å². The summed E-state index contributed by atoms with van der Waals surface area (Å²) in [5.41, 5.74) is 0. The molecule has 1 rings (SSSR count). The lowest BCUT2D eigenvalue weighted by Crippen LogP contribution is -2.27. The largest absolute Gasteiger partial charge is 0.475 e. The molecule has 2 N–H and O–H groups in total. The molecule has 9 heteroatoms. The number of halogens is 1. The molecule has 7 nitrogen and oxygen atoms in total. The van der Waals surface area contributed by atoms with Crippen LogP contribution in [0, 0.1) is 5.92 Å². The molecule has 0 aromatic carbocycles. The summed E-state index contributed by atoms with van der Waals surface area (Å²) < 4.78 is 36.2. The van der Waals surface area contributed by atoms with E-state index in [-0.39, 0.29) is 22.7 Å². The fourth-order valence-electron chi connectivity index (χ4n) is 1.39. The van der Waals surface area contributed by atoms with E-state index in [9.17, 15) is 13.2 Å². The molecule has 0 unspecified atom stereocenters. The maximum Gasteiger partial charge on any atom is 0.371 e. The van der Waals surface area contributed by atoms with Crippen molar-refractivity contribution in [1.29, 1.82) is 0 Å². The van der Waals surface area contributed by atoms with Gasteiger partial charge in [0.15, 0.2) is 4.67 Å². The summed E-state index contributed by atoms with van der Waals surface area (Å²) in [4.78, 5) is 10.5. The van der Waals surface area contributed by atoms with Crippen molar-refractivity contribution in [3.63, 3.8) is 0 Å². The van der Waals surface area contributed by atoms with Crippen molar-refractivity contribution in [3.8, 4) is 0 Å². The highest BCUT2D eigenvalue weighted by Crippen LogP contribution is 2.25. The minimum absolute atomic E-state index is 0.0977. The van der Waals surface area contributed by atoms with E-state index in [1.807, 2.05) is 0 Å². The van der Waals surface area contributed by atoms with Gasteiger partial charge in [0.1, 0.15) is 4.90 Å². The van der Waals surface area contributed by atoms with E-state index in [0.717, 1.165) is 12.5 Å². The van der Waals surface area contributed by atoms with Gasteiger partial charge in [-0.25, -0.2) is 17.9 Å². The van der Waals surface area contributed by atoms with Crippen LogP contribution in [0.1, 0.15) is 30.8 Å². The molecule has 21 heavy (non-hydrogen) atoms. The second kappa shape index (κ2) is 7.92. The standard InChI is InChI=1S/C12H18BrNO6S/c1-8(2)3-5-19-6-4-14-21(17,18)10-7-9(12(15)16)20-11(10)13/h7-8,14H,3-6H2,1-2H3,(H,15,16). The average molecular weight is 384 g/mol. The summed E-state index contributed by atoms with van der Waals surface area (Å²) in [5, 5.41) is 8.76. The molecule has 0 atom stereocenters. The van der Waals surface area contributed by atoms with Crippen LogP contribution in [0.3, 0.4) is 0 Å². The third kappa shape index (κ3) is 5.77. The lowest BCUT2D eigenvalue weighted by atomic mass is 10.1. The molecule has 0 amide bonds. The van der Waals surface area contributed by atoms with E-state index in [2.05, 4.69) is 34.5 Å². The molecule has 0 aliphatic rings. The molecule has 0 aliphatic heterocycles. The number of carboxylic acid groups (broad SMARTS) is 1. The molecule has 0 bridgehead atoms. The van der Waals surface area contributed by atoms with Crippen molar-refractivity contribution >= 4 is 31.9 Å². The second-order valence-electron chi connectivity index (χ2n) is 4.75. The van der Waals surface area contributed by atoms with Gasteiger partial charge >= 0.3 is 5.97 Å². The Hall–Kier alpha value is -0.900. The number of aromatic carboxylic acids is 1. The van der Waals surface area contributed by atoms with Crippen LogP contribution in [0.2, 0.25) is 0 Å². The fourth-order valence-corrected chi connectivity index (χ4v) is 3.34. The van der Waals surface area contributed by atoms with Crippen LogP contribution in [-0.2, 0) is 14.8 Å². The summed E-state index contributed by atoms with van der Waals surface area (Å²) in [6.07, 6.45) is 0.905. The van der Waals surface area contributed by atoms with Crippen LogP contribution in [0.25, 0.3) is 0 Å². The van der Waals surface area contributed by atoms with E-state index in [1.54, 1.807) is 0 Å². The quantitative estimate of drug-likeness (QED) is 0.632. The van der Waals surface area contributed by atoms with Crippen LogP contribution in [0.15, 0.2) is 20.0 Å². The lowest BCUT2D eigenvalue weighted by molar-refractivity contribution is 0.0661. The number of sulfonamides is 1. The van der Waals surface area contributed by atoms with Gasteiger partial charge in [-0.05, 0) is 28.3 Å². The summed E-state index contributed by atoms with van der Waals surface area (Å²) in [5.74, 6) is -1.26. The summed E-state index contributed by atoms with van der Waals surface area (Å²) in [6, 6.07) is 0.953. The zero-order valence-electron chi connectivity index (χ0n) is 11.8. The number of furan rings is 1. The van der Waals surface area contributed by atoms with Crippen LogP contribution in [0.5, 0.6) is 0 Å². The summed E-state index contributed by atoms with van der Waals surface area (Å²) in [7, 11) is -3.84. The van der Waals surface area contributed by atoms with Gasteiger partial charge in [-0.15, -0.1) is 0 Å². The number of hydrogen-bond donors (Lipinski definition) is 2. The van der Waals surface area contributed by atoms with Gasteiger partial charge < -0.3 is 14.3 Å². The first kappa shape index (κ1) is 18.1. The minimum Gasteiger partial charge on any atom is -0.475 e. The molecule has 0 saturated heterocycles. The first-order chi connectivity index (χ1) is 9.74. The number of carbonyl (C=O) groups is 1. The van der Waals surface area contributed by atoms with Crippen molar-refractivity contribution in [2.75, 3.05) is 19.8 Å². The fraction of sp³-hybridized carbons (Fsp3) is 0.583. The average Bonchev–Trinajstić information content (AvgIpc) is 2.76. The van der Waals surface area contributed by atoms with E-state index in [1.165, 1.54) is 0 Å². The first-order valence-corrected chi connectivity index (χ1v) is 8.61. The van der Waals surface area contributed by atoms with E-state index < -0.39 is 21.8 Å². The maximum absolute atomic E-state index is 12.0. The number of rotatable bonds is 9. The first-order valence-electron chi connectivity index (χ1n) is 6.34. The Morgan fingerprint density at radius 2 is 2.14 bits per heavy atom. The Morgan fingerprint density at radius 3 is 2.67 bits per heavy atom. The van der Waals surface area contributed by atoms with Crippen molar-refractivity contribution < 1.29 is 27.5 Å². The lowest BCUT2D eigenvalue weighted by Gasteiger charge is -2.07. The van der Waals surface area contributed by atoms with E-state index in [4.69, 9.17) is 14.3 Å². The third-order valence-electron chi connectivity index (χ3n) is 2.53. The van der Waals surface area contributed by atoms with Gasteiger partial charge in [0.25, 0.3) is 0 Å². The van der Waals surface area contributed by atoms with Gasteiger partial charge in [-0.1, -0.05) is 13.8 Å². The highest BCUT2D eigenvalue weighted by Gasteiger charge is 2.24. The number of nitrogens with one attached hydrogen (secondary N) is 1. The third-order valence-corrected chi connectivity index (χ3v) is 4.85. The second-order valence-corrected chi connectivity index (χ2v) is 7.20. The highest BCUT2D eigenvalue weighted by atomic mass is 79.9. The molecule has 1 aromatic rings. The van der Waals surface area contributed by atoms with Crippen molar-refractivity contribution in [2.45, 2.75) is 25.2 Å². The molecule has 0 radical (unpaired) electrons. The SMILES string of the molecule is CC(C)CCOCCNS(=O)(=O)c1cc(C(=O)O)oc1Br. The predicted molar refractivity (Wildman–Crippen MR) is 78.8 cm³/mol. The smallest absolute Gasteiger partial charge is 0.371 e. The predicted octanol–water partition coefficient (Wildman–Crippen LogP) is 2.08. The molecule has 0 saturated carbocycles. The molecule has 0 fully saturated rings. The molecule has 1 aromatic heterocycles. The van der Waals surface area contributed by atoms with Crippen LogP contribution in [0.4, 0.5) is 0 Å². The zero-order chi connectivity index (χ0) is 16.0. The molecular weight excluding hydrogens is 366 g/mol. The van der Waals surface area contributed by atoms with E-state index >= 15 is 0 Å². The molecule has 0 aliphatic carbocycles. The van der Waals surface area contributed by atoms with Gasteiger partial charge in [0.2, 0.25) is 15.8 Å². The number of hydrogen-bond acceptors (Lipinski definition) is 5. The van der Waals surface area contributed by atoms with Crippen LogP contribution < -0.4 is 4.72 Å². The number of ether oxygens (including phenoxy) is 1.